The Balaban J connectivity index is 2.04. The van der Waals surface area contributed by atoms with E-state index in [1.54, 1.807) is 0 Å². The van der Waals surface area contributed by atoms with Crippen molar-refractivity contribution in [3.63, 3.8) is 0 Å². The lowest BCUT2D eigenvalue weighted by Gasteiger charge is -2.38. The number of hydrogen-bond acceptors (Lipinski definition) is 1. The molecule has 1 aromatic rings. The van der Waals surface area contributed by atoms with Gasteiger partial charge in [0.2, 0.25) is 0 Å². The van der Waals surface area contributed by atoms with E-state index in [9.17, 15) is 0 Å². The normalized spacial score (nSPS) is 21.4. The van der Waals surface area contributed by atoms with Crippen LogP contribution in [0.5, 0.6) is 0 Å². The Hall–Kier alpha value is -0.820. The first-order valence-corrected chi connectivity index (χ1v) is 9.15. The Morgan fingerprint density at radius 1 is 0.864 bits per heavy atom. The van der Waals surface area contributed by atoms with E-state index in [0.29, 0.717) is 17.9 Å². The Labute approximate surface area is 138 Å². The maximum absolute atomic E-state index is 2.70. The van der Waals surface area contributed by atoms with Gasteiger partial charge in [-0.3, -0.25) is 0 Å². The van der Waals surface area contributed by atoms with Gasteiger partial charge in [0, 0.05) is 6.04 Å². The lowest BCUT2D eigenvalue weighted by atomic mass is 9.81. The third kappa shape index (κ3) is 4.13. The highest BCUT2D eigenvalue weighted by molar-refractivity contribution is 5.29. The molecular weight excluding hydrogens is 266 g/mol. The van der Waals surface area contributed by atoms with Gasteiger partial charge in [0.05, 0.1) is 0 Å². The highest BCUT2D eigenvalue weighted by Gasteiger charge is 2.26. The molecule has 0 aromatic heterocycles. The maximum atomic E-state index is 2.70. The van der Waals surface area contributed by atoms with E-state index in [0.717, 1.165) is 0 Å². The van der Waals surface area contributed by atoms with Crippen molar-refractivity contribution in [2.75, 3.05) is 13.1 Å². The molecule has 1 aliphatic rings. The zero-order valence-corrected chi connectivity index (χ0v) is 15.5. The van der Waals surface area contributed by atoms with Crippen molar-refractivity contribution in [2.24, 2.45) is 5.92 Å². The third-order valence-corrected chi connectivity index (χ3v) is 5.82. The highest BCUT2D eigenvalue weighted by Crippen LogP contribution is 2.31. The topological polar surface area (TPSA) is 3.24 Å². The molecule has 0 N–H and O–H groups in total. The molecule has 0 bridgehead atoms. The van der Waals surface area contributed by atoms with E-state index in [2.05, 4.69) is 70.7 Å². The molecule has 1 fully saturated rings. The van der Waals surface area contributed by atoms with Crippen LogP contribution >= 0.6 is 0 Å². The average molecular weight is 302 g/mol. The van der Waals surface area contributed by atoms with Crippen LogP contribution in [0, 0.1) is 5.92 Å². The summed E-state index contributed by atoms with van der Waals surface area (Å²) in [6.45, 7) is 16.7. The van der Waals surface area contributed by atoms with Gasteiger partial charge in [0.1, 0.15) is 0 Å². The molecule has 0 radical (unpaired) electrons. The zero-order valence-electron chi connectivity index (χ0n) is 15.5. The second-order valence-electron chi connectivity index (χ2n) is 8.36. The molecule has 1 saturated heterocycles. The fraction of sp³-hybridized carbons (Fsp3) is 0.714. The van der Waals surface area contributed by atoms with Gasteiger partial charge in [0.25, 0.3) is 0 Å². The summed E-state index contributed by atoms with van der Waals surface area (Å²) >= 11 is 0. The SMILES string of the molecule is CC(c1ccc(C(C)(C)C)cc1)C(C)C(C)N1CCCCC1. The third-order valence-electron chi connectivity index (χ3n) is 5.82. The number of piperidine rings is 1. The summed E-state index contributed by atoms with van der Waals surface area (Å²) in [7, 11) is 0. The number of hydrogen-bond donors (Lipinski definition) is 0. The summed E-state index contributed by atoms with van der Waals surface area (Å²) < 4.78 is 0. The van der Waals surface area contributed by atoms with Crippen molar-refractivity contribution in [2.45, 2.75) is 78.2 Å². The summed E-state index contributed by atoms with van der Waals surface area (Å²) in [6.07, 6.45) is 4.18. The molecule has 3 unspecified atom stereocenters. The van der Waals surface area contributed by atoms with Crippen LogP contribution in [0.1, 0.15) is 77.8 Å². The van der Waals surface area contributed by atoms with Gasteiger partial charge >= 0.3 is 0 Å². The first-order chi connectivity index (χ1) is 10.3. The predicted octanol–water partition coefficient (Wildman–Crippen LogP) is 5.60. The zero-order chi connectivity index (χ0) is 16.3. The Morgan fingerprint density at radius 3 is 1.91 bits per heavy atom. The van der Waals surface area contributed by atoms with Crippen LogP contribution in [0.25, 0.3) is 0 Å². The standard InChI is InChI=1S/C21H35N/c1-16(18(3)22-14-8-7-9-15-22)17(2)19-10-12-20(13-11-19)21(4,5)6/h10-13,16-18H,7-9,14-15H2,1-6H3. The smallest absolute Gasteiger partial charge is 0.00982 e. The molecule has 1 aromatic carbocycles. The fourth-order valence-corrected chi connectivity index (χ4v) is 3.67. The molecule has 0 saturated carbocycles. The van der Waals surface area contributed by atoms with Gasteiger partial charge in [0.15, 0.2) is 0 Å². The van der Waals surface area contributed by atoms with Crippen LogP contribution < -0.4 is 0 Å². The largest absolute Gasteiger partial charge is 0.300 e. The van der Waals surface area contributed by atoms with Crippen LogP contribution in [-0.2, 0) is 5.41 Å². The molecule has 3 atom stereocenters. The Bertz CT molecular complexity index is 448. The lowest BCUT2D eigenvalue weighted by molar-refractivity contribution is 0.125. The second-order valence-corrected chi connectivity index (χ2v) is 8.36. The number of likely N-dealkylation sites (tertiary alicyclic amines) is 1. The molecule has 1 nitrogen and oxygen atoms in total. The van der Waals surface area contributed by atoms with Crippen molar-refractivity contribution in [3.8, 4) is 0 Å². The van der Waals surface area contributed by atoms with E-state index < -0.39 is 0 Å². The van der Waals surface area contributed by atoms with Gasteiger partial charge in [-0.1, -0.05) is 65.3 Å². The molecule has 0 aliphatic carbocycles. The Kier molecular flexibility index (Phi) is 5.71. The molecule has 1 heteroatoms. The summed E-state index contributed by atoms with van der Waals surface area (Å²) in [6, 6.07) is 10.0. The monoisotopic (exact) mass is 301 g/mol. The van der Waals surface area contributed by atoms with Crippen LogP contribution in [0.15, 0.2) is 24.3 Å². The molecule has 1 aliphatic heterocycles. The highest BCUT2D eigenvalue weighted by atomic mass is 15.2. The molecule has 124 valence electrons. The average Bonchev–Trinajstić information content (AvgIpc) is 2.53. The number of rotatable bonds is 4. The quantitative estimate of drug-likeness (QED) is 0.700. The first-order valence-electron chi connectivity index (χ1n) is 9.15. The minimum Gasteiger partial charge on any atom is -0.300 e. The summed E-state index contributed by atoms with van der Waals surface area (Å²) in [5.74, 6) is 1.31. The van der Waals surface area contributed by atoms with Crippen molar-refractivity contribution < 1.29 is 0 Å². The summed E-state index contributed by atoms with van der Waals surface area (Å²) in [4.78, 5) is 2.70. The molecule has 0 amide bonds. The molecule has 1 heterocycles. The Morgan fingerprint density at radius 2 is 1.41 bits per heavy atom. The second kappa shape index (κ2) is 7.17. The van der Waals surface area contributed by atoms with Gasteiger partial charge in [-0.15, -0.1) is 0 Å². The summed E-state index contributed by atoms with van der Waals surface area (Å²) in [5, 5.41) is 0. The number of benzene rings is 1. The maximum Gasteiger partial charge on any atom is 0.00982 e. The van der Waals surface area contributed by atoms with E-state index in [1.165, 1.54) is 43.5 Å². The van der Waals surface area contributed by atoms with Crippen molar-refractivity contribution in [1.82, 2.24) is 4.90 Å². The van der Waals surface area contributed by atoms with Gasteiger partial charge < -0.3 is 4.90 Å². The molecule has 2 rings (SSSR count). The molecule has 0 spiro atoms. The van der Waals surface area contributed by atoms with Crippen molar-refractivity contribution in [3.05, 3.63) is 35.4 Å². The van der Waals surface area contributed by atoms with Crippen LogP contribution in [0.2, 0.25) is 0 Å². The van der Waals surface area contributed by atoms with E-state index in [4.69, 9.17) is 0 Å². The van der Waals surface area contributed by atoms with E-state index in [1.807, 2.05) is 0 Å². The predicted molar refractivity (Wildman–Crippen MR) is 97.6 cm³/mol. The minimum absolute atomic E-state index is 0.245. The van der Waals surface area contributed by atoms with E-state index in [-0.39, 0.29) is 5.41 Å². The first kappa shape index (κ1) is 17.5. The number of nitrogens with zero attached hydrogens (tertiary/aromatic N) is 1. The van der Waals surface area contributed by atoms with Crippen LogP contribution in [-0.4, -0.2) is 24.0 Å². The van der Waals surface area contributed by atoms with Gasteiger partial charge in [-0.2, -0.15) is 0 Å². The van der Waals surface area contributed by atoms with E-state index >= 15 is 0 Å². The van der Waals surface area contributed by atoms with Crippen molar-refractivity contribution >= 4 is 0 Å². The summed E-state index contributed by atoms with van der Waals surface area (Å²) in [5.41, 5.74) is 3.17. The minimum atomic E-state index is 0.245. The van der Waals surface area contributed by atoms with Crippen molar-refractivity contribution in [1.29, 1.82) is 0 Å². The fourth-order valence-electron chi connectivity index (χ4n) is 3.67. The van der Waals surface area contributed by atoms with Gasteiger partial charge in [-0.05, 0) is 61.2 Å². The van der Waals surface area contributed by atoms with Crippen LogP contribution in [0.3, 0.4) is 0 Å². The molecule has 22 heavy (non-hydrogen) atoms. The van der Waals surface area contributed by atoms with Crippen LogP contribution in [0.4, 0.5) is 0 Å². The van der Waals surface area contributed by atoms with Gasteiger partial charge in [-0.25, -0.2) is 0 Å². The molecular formula is C21H35N. The lowest BCUT2D eigenvalue weighted by Crippen LogP contribution is -2.42.